The Kier molecular flexibility index (Phi) is 8.76. The predicted molar refractivity (Wildman–Crippen MR) is 92.2 cm³/mol. The Labute approximate surface area is 144 Å². The second-order valence-electron chi connectivity index (χ2n) is 6.76. The number of hydrogen-bond donors (Lipinski definition) is 1. The lowest BCUT2D eigenvalue weighted by molar-refractivity contribution is -0.189. The number of methoxy groups -OCH3 is 1. The van der Waals surface area contributed by atoms with Crippen LogP contribution in [0.1, 0.15) is 52.9 Å². The molecule has 1 heterocycles. The maximum absolute atomic E-state index is 11.2. The standard InChI is InChI=1S/C19H30O5/c1-13(9-14(2)10-15(3)11-18(21)23-4)7-5-6-8-17-16(12-20)19(22)24-17/h10-11,13,16-17,20H,5-9,12H2,1-4H3. The van der Waals surface area contributed by atoms with E-state index in [0.29, 0.717) is 5.92 Å². The Hall–Kier alpha value is -1.62. The maximum Gasteiger partial charge on any atom is 0.330 e. The van der Waals surface area contributed by atoms with Crippen molar-refractivity contribution in [3.05, 3.63) is 23.3 Å². The minimum absolute atomic E-state index is 0.0921. The third-order valence-corrected chi connectivity index (χ3v) is 4.34. The average Bonchev–Trinajstić information content (AvgIpc) is 2.49. The molecule has 5 nitrogen and oxygen atoms in total. The van der Waals surface area contributed by atoms with Gasteiger partial charge in [0.1, 0.15) is 12.0 Å². The van der Waals surface area contributed by atoms with Crippen LogP contribution < -0.4 is 0 Å². The van der Waals surface area contributed by atoms with Gasteiger partial charge in [0.05, 0.1) is 13.7 Å². The molecule has 1 aliphatic heterocycles. The summed E-state index contributed by atoms with van der Waals surface area (Å²) in [7, 11) is 1.37. The summed E-state index contributed by atoms with van der Waals surface area (Å²) in [6.45, 7) is 6.08. The van der Waals surface area contributed by atoms with Crippen LogP contribution in [0, 0.1) is 11.8 Å². The fourth-order valence-corrected chi connectivity index (χ4v) is 3.07. The summed E-state index contributed by atoms with van der Waals surface area (Å²) in [6.07, 6.45) is 8.43. The average molecular weight is 338 g/mol. The van der Waals surface area contributed by atoms with Crippen molar-refractivity contribution in [1.29, 1.82) is 0 Å². The van der Waals surface area contributed by atoms with Gasteiger partial charge in [0, 0.05) is 6.08 Å². The molecule has 0 bridgehead atoms. The SMILES string of the molecule is COC(=O)C=C(C)C=C(C)CC(C)CCCCC1OC(=O)C1CO. The van der Waals surface area contributed by atoms with E-state index in [9.17, 15) is 9.59 Å². The van der Waals surface area contributed by atoms with E-state index in [1.165, 1.54) is 18.8 Å². The molecule has 0 spiro atoms. The van der Waals surface area contributed by atoms with Crippen LogP contribution >= 0.6 is 0 Å². The van der Waals surface area contributed by atoms with Crippen LogP contribution in [0.3, 0.4) is 0 Å². The molecule has 0 aliphatic carbocycles. The van der Waals surface area contributed by atoms with E-state index >= 15 is 0 Å². The van der Waals surface area contributed by atoms with E-state index in [2.05, 4.69) is 18.6 Å². The molecular weight excluding hydrogens is 308 g/mol. The number of allylic oxidation sites excluding steroid dienone is 3. The highest BCUT2D eigenvalue weighted by Gasteiger charge is 2.41. The molecule has 0 aromatic carbocycles. The van der Waals surface area contributed by atoms with E-state index in [1.807, 2.05) is 13.0 Å². The van der Waals surface area contributed by atoms with Gasteiger partial charge in [-0.1, -0.05) is 31.4 Å². The quantitative estimate of drug-likeness (QED) is 0.287. The molecule has 136 valence electrons. The number of hydrogen-bond acceptors (Lipinski definition) is 5. The molecule has 0 aromatic heterocycles. The molecule has 0 aromatic rings. The van der Waals surface area contributed by atoms with Crippen molar-refractivity contribution in [3.63, 3.8) is 0 Å². The molecule has 1 aliphatic rings. The zero-order chi connectivity index (χ0) is 18.1. The van der Waals surface area contributed by atoms with Crippen LogP contribution in [0.2, 0.25) is 0 Å². The molecule has 1 fully saturated rings. The van der Waals surface area contributed by atoms with Gasteiger partial charge in [0.2, 0.25) is 0 Å². The van der Waals surface area contributed by atoms with Crippen molar-refractivity contribution in [3.8, 4) is 0 Å². The van der Waals surface area contributed by atoms with Gasteiger partial charge in [-0.05, 0) is 44.6 Å². The Morgan fingerprint density at radius 3 is 2.62 bits per heavy atom. The molecule has 1 N–H and O–H groups in total. The summed E-state index contributed by atoms with van der Waals surface area (Å²) in [5.74, 6) is -0.351. The molecule has 5 heteroatoms. The number of carbonyl (C=O) groups is 2. The third kappa shape index (κ3) is 6.87. The summed E-state index contributed by atoms with van der Waals surface area (Å²) in [6, 6.07) is 0. The number of esters is 2. The van der Waals surface area contributed by atoms with Crippen LogP contribution in [0.4, 0.5) is 0 Å². The van der Waals surface area contributed by atoms with E-state index in [0.717, 1.165) is 37.7 Å². The smallest absolute Gasteiger partial charge is 0.330 e. The van der Waals surface area contributed by atoms with Crippen LogP contribution in [-0.4, -0.2) is 36.9 Å². The lowest BCUT2D eigenvalue weighted by atomic mass is 9.91. The Bertz CT molecular complexity index is 492. The molecule has 1 rings (SSSR count). The van der Waals surface area contributed by atoms with Gasteiger partial charge in [0.25, 0.3) is 0 Å². The van der Waals surface area contributed by atoms with E-state index in [-0.39, 0.29) is 30.6 Å². The molecule has 0 saturated carbocycles. The highest BCUT2D eigenvalue weighted by atomic mass is 16.6. The van der Waals surface area contributed by atoms with E-state index < -0.39 is 0 Å². The topological polar surface area (TPSA) is 72.8 Å². The molecule has 24 heavy (non-hydrogen) atoms. The lowest BCUT2D eigenvalue weighted by Crippen LogP contribution is -2.47. The van der Waals surface area contributed by atoms with Gasteiger partial charge in [-0.2, -0.15) is 0 Å². The third-order valence-electron chi connectivity index (χ3n) is 4.34. The number of unbranched alkanes of at least 4 members (excludes halogenated alkanes) is 1. The van der Waals surface area contributed by atoms with Gasteiger partial charge in [-0.3, -0.25) is 4.79 Å². The van der Waals surface area contributed by atoms with Crippen molar-refractivity contribution < 1.29 is 24.2 Å². The maximum atomic E-state index is 11.2. The molecule has 3 atom stereocenters. The van der Waals surface area contributed by atoms with E-state index in [4.69, 9.17) is 9.84 Å². The summed E-state index contributed by atoms with van der Waals surface area (Å²) < 4.78 is 9.66. The molecule has 1 saturated heterocycles. The minimum Gasteiger partial charge on any atom is -0.466 e. The van der Waals surface area contributed by atoms with Gasteiger partial charge in [0.15, 0.2) is 0 Å². The molecule has 0 amide bonds. The number of ether oxygens (including phenoxy) is 2. The Morgan fingerprint density at radius 1 is 1.33 bits per heavy atom. The van der Waals surface area contributed by atoms with Gasteiger partial charge in [-0.15, -0.1) is 0 Å². The van der Waals surface area contributed by atoms with Gasteiger partial charge >= 0.3 is 11.9 Å². The van der Waals surface area contributed by atoms with Gasteiger partial charge < -0.3 is 14.6 Å². The molecular formula is C19H30O5. The predicted octanol–water partition coefficient (Wildman–Crippen LogP) is 3.17. The lowest BCUT2D eigenvalue weighted by Gasteiger charge is -2.33. The van der Waals surface area contributed by atoms with Crippen molar-refractivity contribution in [2.24, 2.45) is 11.8 Å². The fourth-order valence-electron chi connectivity index (χ4n) is 3.07. The highest BCUT2D eigenvalue weighted by Crippen LogP contribution is 2.27. The van der Waals surface area contributed by atoms with Crippen molar-refractivity contribution >= 4 is 11.9 Å². The van der Waals surface area contributed by atoms with Crippen molar-refractivity contribution in [2.45, 2.75) is 59.0 Å². The first-order valence-corrected chi connectivity index (χ1v) is 8.62. The van der Waals surface area contributed by atoms with Crippen LogP contribution in [-0.2, 0) is 19.1 Å². The monoisotopic (exact) mass is 338 g/mol. The molecule has 3 unspecified atom stereocenters. The first-order valence-electron chi connectivity index (χ1n) is 8.62. The van der Waals surface area contributed by atoms with Gasteiger partial charge in [-0.25, -0.2) is 4.79 Å². The zero-order valence-corrected chi connectivity index (χ0v) is 15.2. The van der Waals surface area contributed by atoms with Crippen molar-refractivity contribution in [2.75, 3.05) is 13.7 Å². The zero-order valence-electron chi connectivity index (χ0n) is 15.2. The van der Waals surface area contributed by atoms with E-state index in [1.54, 1.807) is 0 Å². The summed E-state index contributed by atoms with van der Waals surface area (Å²) in [5, 5.41) is 9.07. The van der Waals surface area contributed by atoms with Crippen molar-refractivity contribution in [1.82, 2.24) is 0 Å². The number of rotatable bonds is 10. The van der Waals surface area contributed by atoms with Crippen LogP contribution in [0.5, 0.6) is 0 Å². The summed E-state index contributed by atoms with van der Waals surface area (Å²) in [4.78, 5) is 22.3. The Morgan fingerprint density at radius 2 is 2.04 bits per heavy atom. The first-order chi connectivity index (χ1) is 11.4. The van der Waals surface area contributed by atoms with Crippen LogP contribution in [0.15, 0.2) is 23.3 Å². The largest absolute Gasteiger partial charge is 0.466 e. The second-order valence-corrected chi connectivity index (χ2v) is 6.76. The highest BCUT2D eigenvalue weighted by molar-refractivity contribution is 5.83. The number of aliphatic hydroxyl groups is 1. The minimum atomic E-state index is -0.331. The second kappa shape index (κ2) is 10.3. The normalized spacial score (nSPS) is 22.6. The molecule has 0 radical (unpaired) electrons. The summed E-state index contributed by atoms with van der Waals surface area (Å²) >= 11 is 0. The number of cyclic esters (lactones) is 1. The first kappa shape index (κ1) is 20.4. The fraction of sp³-hybridized carbons (Fsp3) is 0.684. The number of aliphatic hydroxyl groups excluding tert-OH is 1. The Balaban J connectivity index is 2.23. The number of carbonyl (C=O) groups excluding carboxylic acids is 2. The van der Waals surface area contributed by atoms with Crippen LogP contribution in [0.25, 0.3) is 0 Å². The summed E-state index contributed by atoms with van der Waals surface area (Å²) in [5.41, 5.74) is 2.14.